The number of fused-ring (bicyclic) bond motifs is 1. The van der Waals surface area contributed by atoms with Gasteiger partial charge in [-0.1, -0.05) is 41.7 Å². The van der Waals surface area contributed by atoms with Crippen molar-refractivity contribution in [2.75, 3.05) is 32.7 Å². The molecule has 4 rings (SSSR count). The van der Waals surface area contributed by atoms with Gasteiger partial charge in [-0.25, -0.2) is 9.79 Å². The van der Waals surface area contributed by atoms with Crippen LogP contribution >= 0.6 is 11.3 Å². The SMILES string of the molecule is CCOC(=O)C1=C(C)N=c2s/c(=C/c3ccc(N(C)C)cc3)c(=O)n2C1c1ccccc1OC. The van der Waals surface area contributed by atoms with E-state index in [0.29, 0.717) is 31.9 Å². The monoisotopic (exact) mass is 477 g/mol. The summed E-state index contributed by atoms with van der Waals surface area (Å²) in [5.74, 6) is 0.0889. The van der Waals surface area contributed by atoms with E-state index in [1.165, 1.54) is 11.3 Å². The Labute approximate surface area is 201 Å². The van der Waals surface area contributed by atoms with Gasteiger partial charge in [-0.15, -0.1) is 0 Å². The normalized spacial score (nSPS) is 15.6. The van der Waals surface area contributed by atoms with E-state index in [4.69, 9.17) is 9.47 Å². The van der Waals surface area contributed by atoms with Gasteiger partial charge in [-0.3, -0.25) is 9.36 Å². The Bertz CT molecular complexity index is 1430. The third-order valence-electron chi connectivity index (χ3n) is 5.66. The molecule has 1 aliphatic rings. The number of carbonyl (C=O) groups is 1. The van der Waals surface area contributed by atoms with Crippen molar-refractivity contribution in [2.45, 2.75) is 19.9 Å². The number of esters is 1. The molecule has 0 bridgehead atoms. The molecule has 3 aromatic rings. The highest BCUT2D eigenvalue weighted by Gasteiger charge is 2.34. The molecule has 1 aliphatic heterocycles. The van der Waals surface area contributed by atoms with E-state index in [1.54, 1.807) is 25.5 Å². The lowest BCUT2D eigenvalue weighted by Gasteiger charge is -2.25. The van der Waals surface area contributed by atoms with Crippen molar-refractivity contribution in [2.24, 2.45) is 4.99 Å². The van der Waals surface area contributed by atoms with Crippen LogP contribution in [0.5, 0.6) is 5.75 Å². The summed E-state index contributed by atoms with van der Waals surface area (Å²) in [6.45, 7) is 3.75. The van der Waals surface area contributed by atoms with E-state index in [2.05, 4.69) is 4.99 Å². The topological polar surface area (TPSA) is 73.1 Å². The highest BCUT2D eigenvalue weighted by atomic mass is 32.1. The van der Waals surface area contributed by atoms with E-state index in [9.17, 15) is 9.59 Å². The molecule has 0 spiro atoms. The fourth-order valence-corrected chi connectivity index (χ4v) is 5.04. The number of hydrogen-bond acceptors (Lipinski definition) is 7. The first-order valence-corrected chi connectivity index (χ1v) is 11.8. The molecule has 2 heterocycles. The number of allylic oxidation sites excluding steroid dienone is 1. The van der Waals surface area contributed by atoms with E-state index in [-0.39, 0.29) is 12.2 Å². The van der Waals surface area contributed by atoms with Crippen LogP contribution in [-0.2, 0) is 9.53 Å². The molecule has 2 aromatic carbocycles. The Balaban J connectivity index is 1.93. The standard InChI is InChI=1S/C26H27N3O4S/c1-6-33-25(31)22-16(2)27-26-29(23(22)19-9-7-8-10-20(19)32-5)24(30)21(34-26)15-17-11-13-18(14-12-17)28(3)4/h7-15,23H,6H2,1-5H3/b21-15+. The summed E-state index contributed by atoms with van der Waals surface area (Å²) in [7, 11) is 5.53. The van der Waals surface area contributed by atoms with Crippen molar-refractivity contribution in [1.29, 1.82) is 0 Å². The molecule has 0 fully saturated rings. The number of ether oxygens (including phenoxy) is 2. The number of anilines is 1. The molecule has 34 heavy (non-hydrogen) atoms. The first kappa shape index (κ1) is 23.5. The maximum Gasteiger partial charge on any atom is 0.338 e. The first-order valence-electron chi connectivity index (χ1n) is 11.0. The van der Waals surface area contributed by atoms with Crippen molar-refractivity contribution in [3.05, 3.63) is 90.6 Å². The van der Waals surface area contributed by atoms with Gasteiger partial charge in [0.05, 0.1) is 29.5 Å². The molecule has 0 amide bonds. The van der Waals surface area contributed by atoms with Gasteiger partial charge < -0.3 is 14.4 Å². The van der Waals surface area contributed by atoms with Gasteiger partial charge in [0.25, 0.3) is 5.56 Å². The fraction of sp³-hybridized carbons (Fsp3) is 0.269. The van der Waals surface area contributed by atoms with Crippen LogP contribution < -0.4 is 24.5 Å². The van der Waals surface area contributed by atoms with Gasteiger partial charge in [0.1, 0.15) is 11.8 Å². The number of nitrogens with zero attached hydrogens (tertiary/aromatic N) is 3. The highest BCUT2D eigenvalue weighted by Crippen LogP contribution is 2.35. The molecule has 1 unspecified atom stereocenters. The van der Waals surface area contributed by atoms with Gasteiger partial charge in [-0.05, 0) is 43.7 Å². The van der Waals surface area contributed by atoms with Crippen molar-refractivity contribution in [1.82, 2.24) is 4.57 Å². The van der Waals surface area contributed by atoms with Gasteiger partial charge in [0.2, 0.25) is 0 Å². The Morgan fingerprint density at radius 1 is 1.18 bits per heavy atom. The number of hydrogen-bond donors (Lipinski definition) is 0. The van der Waals surface area contributed by atoms with Gasteiger partial charge in [0.15, 0.2) is 4.80 Å². The predicted octanol–water partition coefficient (Wildman–Crippen LogP) is 2.87. The van der Waals surface area contributed by atoms with Gasteiger partial charge in [0, 0.05) is 25.3 Å². The maximum atomic E-state index is 13.7. The minimum absolute atomic E-state index is 0.217. The molecule has 0 saturated heterocycles. The fourth-order valence-electron chi connectivity index (χ4n) is 4.00. The highest BCUT2D eigenvalue weighted by molar-refractivity contribution is 7.07. The van der Waals surface area contributed by atoms with Crippen LogP contribution in [0.4, 0.5) is 5.69 Å². The Hall–Kier alpha value is -3.65. The average molecular weight is 478 g/mol. The summed E-state index contributed by atoms with van der Waals surface area (Å²) < 4.78 is 13.0. The zero-order valence-corrected chi connectivity index (χ0v) is 20.7. The second-order valence-corrected chi connectivity index (χ2v) is 9.04. The summed E-state index contributed by atoms with van der Waals surface area (Å²) in [4.78, 5) is 33.8. The lowest BCUT2D eigenvalue weighted by Crippen LogP contribution is -2.40. The molecule has 0 aliphatic carbocycles. The maximum absolute atomic E-state index is 13.7. The lowest BCUT2D eigenvalue weighted by atomic mass is 9.95. The summed E-state index contributed by atoms with van der Waals surface area (Å²) in [5.41, 5.74) is 3.32. The number of aromatic nitrogens is 1. The quantitative estimate of drug-likeness (QED) is 0.511. The van der Waals surface area contributed by atoms with E-state index >= 15 is 0 Å². The molecule has 8 heteroatoms. The molecule has 0 saturated carbocycles. The smallest absolute Gasteiger partial charge is 0.338 e. The number of methoxy groups -OCH3 is 1. The van der Waals surface area contributed by atoms with E-state index in [1.807, 2.05) is 73.6 Å². The van der Waals surface area contributed by atoms with Crippen molar-refractivity contribution < 1.29 is 14.3 Å². The van der Waals surface area contributed by atoms with Crippen LogP contribution in [0.15, 0.2) is 69.6 Å². The summed E-state index contributed by atoms with van der Waals surface area (Å²) in [6, 6.07) is 14.6. The average Bonchev–Trinajstić information content (AvgIpc) is 3.13. The minimum atomic E-state index is -0.704. The molecule has 0 radical (unpaired) electrons. The van der Waals surface area contributed by atoms with Crippen LogP contribution in [0.2, 0.25) is 0 Å². The number of para-hydroxylation sites is 1. The Kier molecular flexibility index (Phi) is 6.70. The molecular formula is C26H27N3O4S. The van der Waals surface area contributed by atoms with Crippen LogP contribution in [0.25, 0.3) is 6.08 Å². The number of benzene rings is 2. The molecule has 1 atom stereocenters. The number of rotatable bonds is 6. The Morgan fingerprint density at radius 2 is 1.88 bits per heavy atom. The van der Waals surface area contributed by atoms with Crippen molar-refractivity contribution in [3.63, 3.8) is 0 Å². The molecule has 0 N–H and O–H groups in total. The zero-order valence-electron chi connectivity index (χ0n) is 19.9. The first-order chi connectivity index (χ1) is 16.3. The Morgan fingerprint density at radius 3 is 2.53 bits per heavy atom. The molecule has 176 valence electrons. The summed E-state index contributed by atoms with van der Waals surface area (Å²) in [5, 5.41) is 0. The minimum Gasteiger partial charge on any atom is -0.496 e. The molecule has 7 nitrogen and oxygen atoms in total. The molecule has 1 aromatic heterocycles. The number of carbonyl (C=O) groups excluding carboxylic acids is 1. The lowest BCUT2D eigenvalue weighted by molar-refractivity contribution is -0.139. The largest absolute Gasteiger partial charge is 0.496 e. The second kappa shape index (κ2) is 9.69. The van der Waals surface area contributed by atoms with Crippen LogP contribution in [0, 0.1) is 0 Å². The van der Waals surface area contributed by atoms with Crippen LogP contribution in [0.3, 0.4) is 0 Å². The van der Waals surface area contributed by atoms with Gasteiger partial charge in [-0.2, -0.15) is 0 Å². The number of thiazole rings is 1. The van der Waals surface area contributed by atoms with Crippen molar-refractivity contribution in [3.8, 4) is 5.75 Å². The second-order valence-electron chi connectivity index (χ2n) is 8.03. The van der Waals surface area contributed by atoms with Crippen LogP contribution in [-0.4, -0.2) is 38.3 Å². The van der Waals surface area contributed by atoms with E-state index in [0.717, 1.165) is 11.3 Å². The zero-order chi connectivity index (χ0) is 24.4. The molecular weight excluding hydrogens is 450 g/mol. The predicted molar refractivity (Wildman–Crippen MR) is 134 cm³/mol. The van der Waals surface area contributed by atoms with E-state index < -0.39 is 12.0 Å². The third kappa shape index (κ3) is 4.28. The van der Waals surface area contributed by atoms with Crippen molar-refractivity contribution >= 4 is 29.1 Å². The van der Waals surface area contributed by atoms with Gasteiger partial charge >= 0.3 is 5.97 Å². The summed E-state index contributed by atoms with van der Waals surface area (Å²) in [6.07, 6.45) is 1.85. The third-order valence-corrected chi connectivity index (χ3v) is 6.64. The summed E-state index contributed by atoms with van der Waals surface area (Å²) >= 11 is 1.30. The van der Waals surface area contributed by atoms with Crippen LogP contribution in [0.1, 0.15) is 31.0 Å².